The Kier molecular flexibility index (Phi) is 5.79. The second-order valence-electron chi connectivity index (χ2n) is 4.75. The molecular weight excluding hydrogens is 384 g/mol. The van der Waals surface area contributed by atoms with Crippen molar-refractivity contribution >= 4 is 41.5 Å². The predicted molar refractivity (Wildman–Crippen MR) is 95.0 cm³/mol. The average molecular weight is 398 g/mol. The molecular formula is C14H14N4O6S2. The van der Waals surface area contributed by atoms with Gasteiger partial charge >= 0.3 is 30.2 Å². The van der Waals surface area contributed by atoms with Gasteiger partial charge in [-0.2, -0.15) is 16.8 Å². The zero-order chi connectivity index (χ0) is 19.2. The lowest BCUT2D eigenvalue weighted by molar-refractivity contribution is 0.255. The number of hydrogen-bond acceptors (Lipinski definition) is 6. The Morgan fingerprint density at radius 2 is 0.885 bits per heavy atom. The number of nitrogens with one attached hydrogen (secondary N) is 4. The second-order valence-corrected chi connectivity index (χ2v) is 9.61. The van der Waals surface area contributed by atoms with E-state index in [0.29, 0.717) is 0 Å². The van der Waals surface area contributed by atoms with Crippen LogP contribution in [0.15, 0.2) is 60.7 Å². The van der Waals surface area contributed by atoms with E-state index in [-0.39, 0.29) is 11.4 Å². The van der Waals surface area contributed by atoms with Crippen LogP contribution in [-0.2, 0) is 18.1 Å². The molecule has 0 aliphatic rings. The Morgan fingerprint density at radius 1 is 0.577 bits per heavy atom. The standard InChI is InChI=1S/C14H14N4O6S2/c19-13(15-11-7-3-1-4-8-11)17-25(21,22)26(23,24)18-14(20)16-12-9-5-2-6-10-12/h1-10H,(H2,15,17,19)(H2,16,18,20). The smallest absolute Gasteiger partial charge is 0.307 e. The fourth-order valence-electron chi connectivity index (χ4n) is 1.69. The van der Waals surface area contributed by atoms with Gasteiger partial charge in [-0.15, -0.1) is 0 Å². The van der Waals surface area contributed by atoms with Crippen LogP contribution in [0.1, 0.15) is 0 Å². The van der Waals surface area contributed by atoms with Crippen LogP contribution in [0, 0.1) is 0 Å². The third-order valence-corrected chi connectivity index (χ3v) is 6.47. The minimum atomic E-state index is -5.23. The van der Waals surface area contributed by atoms with Crippen molar-refractivity contribution in [1.82, 2.24) is 9.44 Å². The molecule has 26 heavy (non-hydrogen) atoms. The van der Waals surface area contributed by atoms with Gasteiger partial charge in [0.1, 0.15) is 0 Å². The fraction of sp³-hybridized carbons (Fsp3) is 0. The summed E-state index contributed by atoms with van der Waals surface area (Å²) < 4.78 is 50.0. The minimum Gasteiger partial charge on any atom is -0.307 e. The van der Waals surface area contributed by atoms with Gasteiger partial charge in [0.05, 0.1) is 0 Å². The maximum atomic E-state index is 11.8. The number of benzene rings is 2. The van der Waals surface area contributed by atoms with Gasteiger partial charge in [-0.25, -0.2) is 19.0 Å². The van der Waals surface area contributed by atoms with Crippen molar-refractivity contribution in [2.45, 2.75) is 0 Å². The zero-order valence-electron chi connectivity index (χ0n) is 13.0. The molecule has 0 heterocycles. The minimum absolute atomic E-state index is 0.243. The van der Waals surface area contributed by atoms with Gasteiger partial charge in [-0.3, -0.25) is 0 Å². The summed E-state index contributed by atoms with van der Waals surface area (Å²) in [7, 11) is -10.5. The van der Waals surface area contributed by atoms with Crippen LogP contribution in [0.4, 0.5) is 21.0 Å². The highest BCUT2D eigenvalue weighted by Gasteiger charge is 2.33. The molecule has 2 aromatic rings. The first-order valence-corrected chi connectivity index (χ1v) is 10.5. The molecule has 2 rings (SSSR count). The molecule has 0 saturated heterocycles. The number of anilines is 2. The lowest BCUT2D eigenvalue weighted by Crippen LogP contribution is -2.46. The van der Waals surface area contributed by atoms with E-state index in [9.17, 15) is 26.4 Å². The van der Waals surface area contributed by atoms with Gasteiger partial charge in [0, 0.05) is 11.4 Å². The van der Waals surface area contributed by atoms with E-state index in [4.69, 9.17) is 0 Å². The molecule has 0 spiro atoms. The van der Waals surface area contributed by atoms with E-state index in [1.54, 1.807) is 36.4 Å². The summed E-state index contributed by atoms with van der Waals surface area (Å²) in [5, 5.41) is 4.28. The number of urea groups is 2. The van der Waals surface area contributed by atoms with E-state index in [2.05, 4.69) is 10.6 Å². The molecule has 0 unspecified atom stereocenters. The molecule has 4 N–H and O–H groups in total. The summed E-state index contributed by atoms with van der Waals surface area (Å²) >= 11 is 0. The SMILES string of the molecule is O=C(Nc1ccccc1)NS(=O)(=O)S(=O)(=O)NC(=O)Nc1ccccc1. The van der Waals surface area contributed by atoms with E-state index < -0.39 is 30.2 Å². The fourth-order valence-corrected chi connectivity index (χ4v) is 3.58. The van der Waals surface area contributed by atoms with Crippen LogP contribution in [0.2, 0.25) is 0 Å². The summed E-state index contributed by atoms with van der Waals surface area (Å²) in [5.74, 6) is 0. The Hall–Kier alpha value is -3.12. The third-order valence-electron chi connectivity index (χ3n) is 2.79. The largest absolute Gasteiger partial charge is 0.361 e. The number of rotatable bonds is 5. The maximum absolute atomic E-state index is 11.8. The van der Waals surface area contributed by atoms with Crippen LogP contribution in [0.25, 0.3) is 0 Å². The molecule has 0 saturated carbocycles. The molecule has 12 heteroatoms. The van der Waals surface area contributed by atoms with Crippen LogP contribution in [0.5, 0.6) is 0 Å². The number of carbonyl (C=O) groups is 2. The zero-order valence-corrected chi connectivity index (χ0v) is 14.7. The summed E-state index contributed by atoms with van der Waals surface area (Å²) in [4.78, 5) is 23.3. The number of carbonyl (C=O) groups excluding carboxylic acids is 2. The van der Waals surface area contributed by atoms with Gasteiger partial charge in [0.2, 0.25) is 0 Å². The molecule has 0 aliphatic carbocycles. The van der Waals surface area contributed by atoms with E-state index in [0.717, 1.165) is 0 Å². The second kappa shape index (κ2) is 7.84. The predicted octanol–water partition coefficient (Wildman–Crippen LogP) is 1.20. The summed E-state index contributed by atoms with van der Waals surface area (Å²) in [6, 6.07) is 12.9. The van der Waals surface area contributed by atoms with Crippen molar-refractivity contribution in [3.8, 4) is 0 Å². The van der Waals surface area contributed by atoms with Gasteiger partial charge in [-0.1, -0.05) is 36.4 Å². The summed E-state index contributed by atoms with van der Waals surface area (Å²) in [5.41, 5.74) is 0.486. The summed E-state index contributed by atoms with van der Waals surface area (Å²) in [6.07, 6.45) is 0. The van der Waals surface area contributed by atoms with Gasteiger partial charge in [0.25, 0.3) is 0 Å². The Labute approximate surface area is 149 Å². The average Bonchev–Trinajstić information content (AvgIpc) is 2.55. The van der Waals surface area contributed by atoms with Crippen molar-refractivity contribution in [2.75, 3.05) is 10.6 Å². The van der Waals surface area contributed by atoms with Crippen LogP contribution >= 0.6 is 0 Å². The van der Waals surface area contributed by atoms with Crippen molar-refractivity contribution in [2.24, 2.45) is 0 Å². The Bertz CT molecular complexity index is 909. The molecule has 0 bridgehead atoms. The van der Waals surface area contributed by atoms with Crippen molar-refractivity contribution in [3.05, 3.63) is 60.7 Å². The Balaban J connectivity index is 2.01. The van der Waals surface area contributed by atoms with Crippen LogP contribution in [-0.4, -0.2) is 28.9 Å². The molecule has 0 fully saturated rings. The molecule has 0 atom stereocenters. The number of para-hydroxylation sites is 2. The highest BCUT2D eigenvalue weighted by atomic mass is 33.2. The lowest BCUT2D eigenvalue weighted by atomic mass is 10.3. The van der Waals surface area contributed by atoms with E-state index >= 15 is 0 Å². The van der Waals surface area contributed by atoms with Crippen molar-refractivity contribution < 1.29 is 26.4 Å². The first-order valence-electron chi connectivity index (χ1n) is 6.97. The van der Waals surface area contributed by atoms with E-state index in [1.165, 1.54) is 33.7 Å². The maximum Gasteiger partial charge on any atom is 0.361 e. The number of amides is 4. The van der Waals surface area contributed by atoms with E-state index in [1.807, 2.05) is 0 Å². The van der Waals surface area contributed by atoms with Crippen LogP contribution < -0.4 is 20.1 Å². The van der Waals surface area contributed by atoms with Gasteiger partial charge < -0.3 is 10.6 Å². The molecule has 0 aromatic heterocycles. The first kappa shape index (κ1) is 19.2. The molecule has 138 valence electrons. The van der Waals surface area contributed by atoms with Gasteiger partial charge in [0.15, 0.2) is 0 Å². The third kappa shape index (κ3) is 5.19. The summed E-state index contributed by atoms with van der Waals surface area (Å²) in [6.45, 7) is 0. The lowest BCUT2D eigenvalue weighted by Gasteiger charge is -2.11. The topological polar surface area (TPSA) is 151 Å². The molecule has 4 amide bonds. The van der Waals surface area contributed by atoms with Crippen LogP contribution in [0.3, 0.4) is 0 Å². The van der Waals surface area contributed by atoms with Gasteiger partial charge in [-0.05, 0) is 24.3 Å². The monoisotopic (exact) mass is 398 g/mol. The number of hydrogen-bond donors (Lipinski definition) is 4. The molecule has 10 nitrogen and oxygen atoms in total. The highest BCUT2D eigenvalue weighted by molar-refractivity contribution is 8.65. The first-order chi connectivity index (χ1) is 12.2. The van der Waals surface area contributed by atoms with Crippen molar-refractivity contribution in [1.29, 1.82) is 0 Å². The van der Waals surface area contributed by atoms with Crippen molar-refractivity contribution in [3.63, 3.8) is 0 Å². The molecule has 0 radical (unpaired) electrons. The quantitative estimate of drug-likeness (QED) is 0.556. The molecule has 0 aliphatic heterocycles. The molecule has 2 aromatic carbocycles. The normalized spacial score (nSPS) is 11.2. The Morgan fingerprint density at radius 3 is 1.19 bits per heavy atom. The highest BCUT2D eigenvalue weighted by Crippen LogP contribution is 2.07.